The Labute approximate surface area is 114 Å². The first-order chi connectivity index (χ1) is 9.01. The predicted octanol–water partition coefficient (Wildman–Crippen LogP) is 0.593. The molecule has 1 aliphatic heterocycles. The average molecular weight is 287 g/mol. The van der Waals surface area contributed by atoms with Gasteiger partial charge in [0.15, 0.2) is 0 Å². The van der Waals surface area contributed by atoms with Gasteiger partial charge in [-0.2, -0.15) is 17.4 Å². The molecule has 0 spiro atoms. The van der Waals surface area contributed by atoms with Crippen LogP contribution in [0.25, 0.3) is 0 Å². The molecule has 1 unspecified atom stereocenters. The molecule has 7 heteroatoms. The summed E-state index contributed by atoms with van der Waals surface area (Å²) in [5.74, 6) is 1.65. The van der Waals surface area contributed by atoms with Crippen LogP contribution in [-0.4, -0.2) is 32.4 Å². The van der Waals surface area contributed by atoms with E-state index in [1.165, 1.54) is 4.31 Å². The summed E-state index contributed by atoms with van der Waals surface area (Å²) in [4.78, 5) is 0. The smallest absolute Gasteiger partial charge is 0.279 e. The van der Waals surface area contributed by atoms with Crippen molar-refractivity contribution >= 4 is 10.2 Å². The quantitative estimate of drug-likeness (QED) is 0.829. The van der Waals surface area contributed by atoms with Gasteiger partial charge >= 0.3 is 0 Å². The Morgan fingerprint density at radius 2 is 2.32 bits per heavy atom. The molecule has 1 aromatic rings. The molecule has 1 aromatic heterocycles. The predicted molar refractivity (Wildman–Crippen MR) is 72.6 cm³/mol. The fraction of sp³-hybridized carbons (Fsp3) is 0.667. The summed E-state index contributed by atoms with van der Waals surface area (Å²) in [6.45, 7) is 3.60. The van der Waals surface area contributed by atoms with Crippen LogP contribution in [-0.2, 0) is 16.8 Å². The fourth-order valence-corrected chi connectivity index (χ4v) is 3.56. The Morgan fingerprint density at radius 1 is 1.53 bits per heavy atom. The van der Waals surface area contributed by atoms with Crippen molar-refractivity contribution in [2.45, 2.75) is 26.3 Å². The Bertz CT molecular complexity index is 512. The molecule has 3 N–H and O–H groups in total. The highest BCUT2D eigenvalue weighted by Crippen LogP contribution is 2.17. The SMILES string of the molecule is Cc1ccc(CNS(=O)(=O)N2CCCC(CN)C2)o1. The molecule has 1 atom stereocenters. The van der Waals surface area contributed by atoms with Gasteiger partial charge in [0.1, 0.15) is 11.5 Å². The van der Waals surface area contributed by atoms with E-state index >= 15 is 0 Å². The third-order valence-electron chi connectivity index (χ3n) is 3.38. The molecule has 0 bridgehead atoms. The van der Waals surface area contributed by atoms with Gasteiger partial charge in [-0.3, -0.25) is 0 Å². The van der Waals surface area contributed by atoms with Crippen LogP contribution in [0.3, 0.4) is 0 Å². The van der Waals surface area contributed by atoms with Gasteiger partial charge in [-0.25, -0.2) is 0 Å². The normalized spacial score (nSPS) is 21.7. The minimum absolute atomic E-state index is 0.181. The highest BCUT2D eigenvalue weighted by molar-refractivity contribution is 7.87. The van der Waals surface area contributed by atoms with Crippen molar-refractivity contribution in [1.82, 2.24) is 9.03 Å². The fourth-order valence-electron chi connectivity index (χ4n) is 2.27. The van der Waals surface area contributed by atoms with Gasteiger partial charge in [-0.15, -0.1) is 0 Å². The second kappa shape index (κ2) is 6.04. The van der Waals surface area contributed by atoms with Gasteiger partial charge in [0, 0.05) is 13.1 Å². The summed E-state index contributed by atoms with van der Waals surface area (Å²) in [6.07, 6.45) is 1.86. The molecule has 2 heterocycles. The van der Waals surface area contributed by atoms with Crippen LogP contribution in [0.5, 0.6) is 0 Å². The van der Waals surface area contributed by atoms with Crippen LogP contribution in [0.15, 0.2) is 16.5 Å². The standard InChI is InChI=1S/C12H21N3O3S/c1-10-4-5-12(18-10)8-14-19(16,17)15-6-2-3-11(7-13)9-15/h4-5,11,14H,2-3,6-9,13H2,1H3. The van der Waals surface area contributed by atoms with Crippen molar-refractivity contribution in [2.75, 3.05) is 19.6 Å². The van der Waals surface area contributed by atoms with E-state index in [1.54, 1.807) is 6.07 Å². The molecule has 0 saturated carbocycles. The van der Waals surface area contributed by atoms with Gasteiger partial charge in [-0.05, 0) is 44.4 Å². The zero-order chi connectivity index (χ0) is 13.9. The zero-order valence-corrected chi connectivity index (χ0v) is 11.9. The molecule has 2 rings (SSSR count). The second-order valence-electron chi connectivity index (χ2n) is 4.94. The lowest BCUT2D eigenvalue weighted by Gasteiger charge is -2.31. The highest BCUT2D eigenvalue weighted by Gasteiger charge is 2.28. The molecule has 0 amide bonds. The molecule has 19 heavy (non-hydrogen) atoms. The first-order valence-electron chi connectivity index (χ1n) is 6.51. The van der Waals surface area contributed by atoms with E-state index in [-0.39, 0.29) is 12.5 Å². The van der Waals surface area contributed by atoms with Crippen LogP contribution in [0, 0.1) is 12.8 Å². The third-order valence-corrected chi connectivity index (χ3v) is 4.90. The summed E-state index contributed by atoms with van der Waals surface area (Å²) < 4.78 is 33.7. The maximum Gasteiger partial charge on any atom is 0.279 e. The van der Waals surface area contributed by atoms with Crippen LogP contribution in [0.1, 0.15) is 24.4 Å². The van der Waals surface area contributed by atoms with Crippen molar-refractivity contribution < 1.29 is 12.8 Å². The number of nitrogens with one attached hydrogen (secondary N) is 1. The van der Waals surface area contributed by atoms with Gasteiger partial charge in [0.2, 0.25) is 0 Å². The largest absolute Gasteiger partial charge is 0.465 e. The van der Waals surface area contributed by atoms with Crippen molar-refractivity contribution in [3.63, 3.8) is 0 Å². The average Bonchev–Trinajstić information content (AvgIpc) is 2.82. The summed E-state index contributed by atoms with van der Waals surface area (Å²) >= 11 is 0. The zero-order valence-electron chi connectivity index (χ0n) is 11.1. The number of nitrogens with two attached hydrogens (primary N) is 1. The number of rotatable bonds is 5. The van der Waals surface area contributed by atoms with Gasteiger partial charge in [0.25, 0.3) is 10.2 Å². The molecule has 0 aromatic carbocycles. The number of hydrogen-bond acceptors (Lipinski definition) is 4. The lowest BCUT2D eigenvalue weighted by molar-refractivity contribution is 0.268. The lowest BCUT2D eigenvalue weighted by atomic mass is 10.0. The lowest BCUT2D eigenvalue weighted by Crippen LogP contribution is -2.47. The molecular weight excluding hydrogens is 266 g/mol. The molecule has 1 fully saturated rings. The van der Waals surface area contributed by atoms with Crippen LogP contribution in [0.4, 0.5) is 0 Å². The summed E-state index contributed by atoms with van der Waals surface area (Å²) in [6, 6.07) is 3.59. The first-order valence-corrected chi connectivity index (χ1v) is 7.95. The van der Waals surface area contributed by atoms with Crippen molar-refractivity contribution in [3.05, 3.63) is 23.7 Å². The van der Waals surface area contributed by atoms with E-state index < -0.39 is 10.2 Å². The number of aryl methyl sites for hydroxylation is 1. The van der Waals surface area contributed by atoms with E-state index in [1.807, 2.05) is 13.0 Å². The Hall–Kier alpha value is -0.890. The van der Waals surface area contributed by atoms with Crippen molar-refractivity contribution in [3.8, 4) is 0 Å². The van der Waals surface area contributed by atoms with Crippen LogP contribution < -0.4 is 10.5 Å². The number of nitrogens with zero attached hydrogens (tertiary/aromatic N) is 1. The molecule has 6 nitrogen and oxygen atoms in total. The monoisotopic (exact) mass is 287 g/mol. The topological polar surface area (TPSA) is 88.6 Å². The van der Waals surface area contributed by atoms with E-state index in [2.05, 4.69) is 4.72 Å². The third kappa shape index (κ3) is 3.79. The molecule has 108 valence electrons. The van der Waals surface area contributed by atoms with E-state index in [9.17, 15) is 8.42 Å². The minimum atomic E-state index is -3.45. The molecular formula is C12H21N3O3S. The summed E-state index contributed by atoms with van der Waals surface area (Å²) in [7, 11) is -3.45. The van der Waals surface area contributed by atoms with E-state index in [4.69, 9.17) is 10.2 Å². The van der Waals surface area contributed by atoms with Gasteiger partial charge in [0.05, 0.1) is 6.54 Å². The number of hydrogen-bond donors (Lipinski definition) is 2. The molecule has 1 saturated heterocycles. The maximum absolute atomic E-state index is 12.2. The molecule has 0 radical (unpaired) electrons. The highest BCUT2D eigenvalue weighted by atomic mass is 32.2. The second-order valence-corrected chi connectivity index (χ2v) is 6.70. The van der Waals surface area contributed by atoms with Gasteiger partial charge in [-0.1, -0.05) is 0 Å². The van der Waals surface area contributed by atoms with Crippen LogP contribution in [0.2, 0.25) is 0 Å². The Morgan fingerprint density at radius 3 is 2.95 bits per heavy atom. The number of furan rings is 1. The Balaban J connectivity index is 1.94. The summed E-state index contributed by atoms with van der Waals surface area (Å²) in [5, 5.41) is 0. The number of piperidine rings is 1. The van der Waals surface area contributed by atoms with E-state index in [0.29, 0.717) is 25.4 Å². The van der Waals surface area contributed by atoms with Crippen molar-refractivity contribution in [1.29, 1.82) is 0 Å². The minimum Gasteiger partial charge on any atom is -0.465 e. The first kappa shape index (κ1) is 14.5. The van der Waals surface area contributed by atoms with Crippen molar-refractivity contribution in [2.24, 2.45) is 11.7 Å². The van der Waals surface area contributed by atoms with Gasteiger partial charge < -0.3 is 10.2 Å². The maximum atomic E-state index is 12.2. The van der Waals surface area contributed by atoms with E-state index in [0.717, 1.165) is 18.6 Å². The summed E-state index contributed by atoms with van der Waals surface area (Å²) in [5.41, 5.74) is 5.62. The molecule has 0 aliphatic carbocycles. The van der Waals surface area contributed by atoms with Crippen LogP contribution >= 0.6 is 0 Å². The molecule has 1 aliphatic rings. The Kier molecular flexibility index (Phi) is 4.62.